The van der Waals surface area contributed by atoms with E-state index < -0.39 is 0 Å². The van der Waals surface area contributed by atoms with Gasteiger partial charge in [0.25, 0.3) is 0 Å². The van der Waals surface area contributed by atoms with Crippen LogP contribution in [0.25, 0.3) is 0 Å². The van der Waals surface area contributed by atoms with Crippen LogP contribution < -0.4 is 4.74 Å². The minimum Gasteiger partial charge on any atom is -0.492 e. The number of thioether (sulfide) groups is 1. The number of nitrogens with zero attached hydrogens (tertiary/aromatic N) is 1. The molecule has 3 aromatic carbocycles. The maximum absolute atomic E-state index is 6.13. The number of hydrogen-bond donors (Lipinski definition) is 0. The third-order valence-corrected chi connectivity index (χ3v) is 6.52. The molecule has 2 heterocycles. The third kappa shape index (κ3) is 2.63. The second-order valence-electron chi connectivity index (χ2n) is 6.83. The molecule has 0 saturated heterocycles. The van der Waals surface area contributed by atoms with Crippen molar-refractivity contribution in [1.82, 2.24) is 0 Å². The zero-order valence-electron chi connectivity index (χ0n) is 14.6. The molecule has 0 saturated carbocycles. The Labute approximate surface area is 157 Å². The summed E-state index contributed by atoms with van der Waals surface area (Å²) in [6.07, 6.45) is 0. The smallest absolute Gasteiger partial charge is 0.128 e. The van der Waals surface area contributed by atoms with Gasteiger partial charge in [0.15, 0.2) is 0 Å². The Morgan fingerprint density at radius 3 is 2.58 bits per heavy atom. The molecular formula is C23H19NOS. The van der Waals surface area contributed by atoms with Gasteiger partial charge in [0.1, 0.15) is 5.75 Å². The molecule has 0 fully saturated rings. The average molecular weight is 357 g/mol. The number of para-hydroxylation sites is 2. The predicted octanol–water partition coefficient (Wildman–Crippen LogP) is 5.97. The van der Waals surface area contributed by atoms with Crippen molar-refractivity contribution < 1.29 is 4.74 Å². The first kappa shape index (κ1) is 15.7. The van der Waals surface area contributed by atoms with E-state index in [4.69, 9.17) is 9.73 Å². The number of aliphatic imine (C=N–C) groups is 1. The Morgan fingerprint density at radius 1 is 0.923 bits per heavy atom. The van der Waals surface area contributed by atoms with Gasteiger partial charge >= 0.3 is 0 Å². The number of aryl methyl sites for hydroxylation is 1. The highest BCUT2D eigenvalue weighted by molar-refractivity contribution is 7.99. The summed E-state index contributed by atoms with van der Waals surface area (Å²) in [5.41, 5.74) is 5.95. The molecule has 2 atom stereocenters. The fourth-order valence-electron chi connectivity index (χ4n) is 3.69. The monoisotopic (exact) mass is 357 g/mol. The molecular weight excluding hydrogens is 338 g/mol. The van der Waals surface area contributed by atoms with Crippen molar-refractivity contribution in [3.05, 3.63) is 89.5 Å². The molecule has 0 bridgehead atoms. The van der Waals surface area contributed by atoms with E-state index in [-0.39, 0.29) is 11.2 Å². The standard InChI is InChI=1S/C23H19NOS/c1-15-10-12-16(13-11-15)23-18-14-25-20-8-4-2-6-17(20)22(18)24-19-7-3-5-9-21(19)26-23/h2-13,18,23H,14H2,1H3/t18-,23-/m0/s1. The molecule has 128 valence electrons. The molecule has 0 N–H and O–H groups in total. The maximum atomic E-state index is 6.13. The predicted molar refractivity (Wildman–Crippen MR) is 108 cm³/mol. The zero-order chi connectivity index (χ0) is 17.5. The van der Waals surface area contributed by atoms with E-state index in [9.17, 15) is 0 Å². The Balaban J connectivity index is 1.70. The summed E-state index contributed by atoms with van der Waals surface area (Å²) in [6.45, 7) is 2.79. The molecule has 26 heavy (non-hydrogen) atoms. The number of fused-ring (bicyclic) bond motifs is 4. The van der Waals surface area contributed by atoms with Gasteiger partial charge in [0.2, 0.25) is 0 Å². The highest BCUT2D eigenvalue weighted by Gasteiger charge is 2.37. The van der Waals surface area contributed by atoms with E-state index in [2.05, 4.69) is 67.6 Å². The van der Waals surface area contributed by atoms with Crippen LogP contribution in [0.5, 0.6) is 5.75 Å². The summed E-state index contributed by atoms with van der Waals surface area (Å²) >= 11 is 1.90. The summed E-state index contributed by atoms with van der Waals surface area (Å²) in [7, 11) is 0. The molecule has 0 aliphatic carbocycles. The molecule has 0 unspecified atom stereocenters. The van der Waals surface area contributed by atoms with E-state index >= 15 is 0 Å². The molecule has 2 nitrogen and oxygen atoms in total. The van der Waals surface area contributed by atoms with E-state index in [1.807, 2.05) is 23.9 Å². The summed E-state index contributed by atoms with van der Waals surface area (Å²) in [6, 6.07) is 25.6. The lowest BCUT2D eigenvalue weighted by atomic mass is 9.88. The Kier molecular flexibility index (Phi) is 3.83. The number of rotatable bonds is 1. The van der Waals surface area contributed by atoms with Crippen LogP contribution in [0.15, 0.2) is 82.7 Å². The summed E-state index contributed by atoms with van der Waals surface area (Å²) in [5.74, 6) is 1.17. The molecule has 3 aromatic rings. The molecule has 2 aliphatic heterocycles. The van der Waals surface area contributed by atoms with Crippen LogP contribution in [0.3, 0.4) is 0 Å². The molecule has 3 heteroatoms. The lowest BCUT2D eigenvalue weighted by Crippen LogP contribution is -2.31. The van der Waals surface area contributed by atoms with Crippen LogP contribution in [-0.2, 0) is 0 Å². The fourth-order valence-corrected chi connectivity index (χ4v) is 5.02. The van der Waals surface area contributed by atoms with E-state index in [1.165, 1.54) is 16.0 Å². The minimum atomic E-state index is 0.227. The van der Waals surface area contributed by atoms with Gasteiger partial charge in [-0.1, -0.05) is 54.1 Å². The van der Waals surface area contributed by atoms with Crippen LogP contribution in [0.2, 0.25) is 0 Å². The molecule has 5 rings (SSSR count). The molecule has 0 spiro atoms. The van der Waals surface area contributed by atoms with Crippen molar-refractivity contribution in [3.8, 4) is 5.75 Å². The van der Waals surface area contributed by atoms with Crippen LogP contribution >= 0.6 is 11.8 Å². The summed E-state index contributed by atoms with van der Waals surface area (Å²) in [5, 5.41) is 0.284. The van der Waals surface area contributed by atoms with Crippen molar-refractivity contribution in [1.29, 1.82) is 0 Å². The van der Waals surface area contributed by atoms with E-state index in [0.29, 0.717) is 6.61 Å². The van der Waals surface area contributed by atoms with Crippen LogP contribution in [0.1, 0.15) is 21.9 Å². The van der Waals surface area contributed by atoms with Gasteiger partial charge in [-0.3, -0.25) is 4.99 Å². The normalized spacial score (nSPS) is 20.7. The minimum absolute atomic E-state index is 0.227. The second kappa shape index (κ2) is 6.33. The second-order valence-corrected chi connectivity index (χ2v) is 8.01. The molecule has 0 radical (unpaired) electrons. The van der Waals surface area contributed by atoms with Crippen molar-refractivity contribution >= 4 is 23.2 Å². The van der Waals surface area contributed by atoms with Gasteiger partial charge in [0.05, 0.1) is 23.9 Å². The van der Waals surface area contributed by atoms with Crippen molar-refractivity contribution in [2.45, 2.75) is 17.1 Å². The van der Waals surface area contributed by atoms with Gasteiger partial charge < -0.3 is 4.74 Å². The SMILES string of the molecule is Cc1ccc([C@@H]2Sc3ccccc3N=C3c4ccccc4OC[C@@H]32)cc1. The highest BCUT2D eigenvalue weighted by Crippen LogP contribution is 2.50. The van der Waals surface area contributed by atoms with Gasteiger partial charge in [-0.25, -0.2) is 0 Å². The first-order valence-corrected chi connectivity index (χ1v) is 9.80. The summed E-state index contributed by atoms with van der Waals surface area (Å²) < 4.78 is 6.13. The lowest BCUT2D eigenvalue weighted by Gasteiger charge is -2.31. The van der Waals surface area contributed by atoms with Gasteiger partial charge in [-0.05, 0) is 36.8 Å². The number of ether oxygens (including phenoxy) is 1. The lowest BCUT2D eigenvalue weighted by molar-refractivity contribution is 0.271. The fraction of sp³-hybridized carbons (Fsp3) is 0.174. The van der Waals surface area contributed by atoms with E-state index in [1.54, 1.807) is 0 Å². The summed E-state index contributed by atoms with van der Waals surface area (Å²) in [4.78, 5) is 6.35. The van der Waals surface area contributed by atoms with E-state index in [0.717, 1.165) is 22.7 Å². The topological polar surface area (TPSA) is 21.6 Å². The Bertz CT molecular complexity index is 993. The first-order chi connectivity index (χ1) is 12.8. The first-order valence-electron chi connectivity index (χ1n) is 8.92. The van der Waals surface area contributed by atoms with Gasteiger partial charge in [-0.15, -0.1) is 11.8 Å². The van der Waals surface area contributed by atoms with Crippen molar-refractivity contribution in [3.63, 3.8) is 0 Å². The zero-order valence-corrected chi connectivity index (χ0v) is 15.4. The largest absolute Gasteiger partial charge is 0.492 e. The third-order valence-electron chi connectivity index (χ3n) is 5.06. The maximum Gasteiger partial charge on any atom is 0.128 e. The molecule has 0 amide bonds. The van der Waals surface area contributed by atoms with Crippen LogP contribution in [-0.4, -0.2) is 12.3 Å². The van der Waals surface area contributed by atoms with Crippen LogP contribution in [0.4, 0.5) is 5.69 Å². The van der Waals surface area contributed by atoms with Gasteiger partial charge in [-0.2, -0.15) is 0 Å². The quantitative estimate of drug-likeness (QED) is 0.535. The Morgan fingerprint density at radius 2 is 1.69 bits per heavy atom. The number of hydrogen-bond acceptors (Lipinski definition) is 3. The highest BCUT2D eigenvalue weighted by atomic mass is 32.2. The van der Waals surface area contributed by atoms with Crippen LogP contribution in [0, 0.1) is 12.8 Å². The van der Waals surface area contributed by atoms with Crippen molar-refractivity contribution in [2.75, 3.05) is 6.61 Å². The molecule has 2 aliphatic rings. The Hall–Kier alpha value is -2.52. The average Bonchev–Trinajstić information content (AvgIpc) is 2.85. The van der Waals surface area contributed by atoms with Crippen molar-refractivity contribution in [2.24, 2.45) is 10.9 Å². The van der Waals surface area contributed by atoms with Gasteiger partial charge in [0, 0.05) is 15.7 Å². The number of benzene rings is 3. The molecule has 0 aromatic heterocycles.